The predicted octanol–water partition coefficient (Wildman–Crippen LogP) is 5.63. The fourth-order valence-electron chi connectivity index (χ4n) is 2.82. The van der Waals surface area contributed by atoms with Gasteiger partial charge in [-0.3, -0.25) is 9.59 Å². The topological polar surface area (TPSA) is 46.2 Å². The summed E-state index contributed by atoms with van der Waals surface area (Å²) in [6.45, 7) is 6.22. The summed E-state index contributed by atoms with van der Waals surface area (Å²) in [5, 5.41) is 3.04. The van der Waals surface area contributed by atoms with Gasteiger partial charge >= 0.3 is 0 Å². The van der Waals surface area contributed by atoms with Crippen LogP contribution >= 0.6 is 23.5 Å². The molecule has 0 aromatic heterocycles. The Kier molecular flexibility index (Phi) is 14.0. The average molecular weight is 376 g/mol. The monoisotopic (exact) mass is 375 g/mol. The zero-order valence-electron chi connectivity index (χ0n) is 16.3. The van der Waals surface area contributed by atoms with E-state index in [4.69, 9.17) is 0 Å². The van der Waals surface area contributed by atoms with Crippen LogP contribution in [0.2, 0.25) is 0 Å². The van der Waals surface area contributed by atoms with Crippen LogP contribution in [-0.4, -0.2) is 28.4 Å². The molecular weight excluding hydrogens is 338 g/mol. The lowest BCUT2D eigenvalue weighted by Crippen LogP contribution is -2.54. The van der Waals surface area contributed by atoms with Crippen molar-refractivity contribution in [2.24, 2.45) is 5.92 Å². The summed E-state index contributed by atoms with van der Waals surface area (Å²) in [7, 11) is 0. The van der Waals surface area contributed by atoms with E-state index in [-0.39, 0.29) is 16.9 Å². The Morgan fingerprint density at radius 3 is 1.83 bits per heavy atom. The fourth-order valence-corrected chi connectivity index (χ4v) is 4.76. The number of hydrogen-bond acceptors (Lipinski definition) is 4. The Balaban J connectivity index is 4.04. The van der Waals surface area contributed by atoms with Crippen LogP contribution in [0.15, 0.2) is 0 Å². The zero-order valence-corrected chi connectivity index (χ0v) is 17.9. The first-order valence-electron chi connectivity index (χ1n) is 9.39. The van der Waals surface area contributed by atoms with E-state index in [1.807, 2.05) is 20.1 Å². The van der Waals surface area contributed by atoms with E-state index < -0.39 is 4.87 Å². The van der Waals surface area contributed by atoms with Crippen molar-refractivity contribution in [3.05, 3.63) is 0 Å². The van der Waals surface area contributed by atoms with Crippen molar-refractivity contribution < 1.29 is 9.59 Å². The summed E-state index contributed by atoms with van der Waals surface area (Å²) >= 11 is 2.64. The van der Waals surface area contributed by atoms with Gasteiger partial charge in [-0.2, -0.15) is 0 Å². The normalized spacial score (nSPS) is 13.8. The van der Waals surface area contributed by atoms with Gasteiger partial charge in [0, 0.05) is 6.42 Å². The number of hydrogen-bond donors (Lipinski definition) is 1. The molecule has 3 nitrogen and oxygen atoms in total. The molecule has 1 amide bonds. The number of unbranched alkanes of at least 4 members (excludes halogenated alkanes) is 8. The third-order valence-electron chi connectivity index (χ3n) is 4.46. The number of carbonyl (C=O) groups is 2. The first-order valence-corrected chi connectivity index (χ1v) is 11.8. The minimum absolute atomic E-state index is 0.00314. The van der Waals surface area contributed by atoms with Crippen molar-refractivity contribution in [2.45, 2.75) is 89.9 Å². The van der Waals surface area contributed by atoms with Gasteiger partial charge < -0.3 is 5.32 Å². The molecular formula is C19H37NO2S2. The van der Waals surface area contributed by atoms with Crippen molar-refractivity contribution in [1.29, 1.82) is 0 Å². The summed E-state index contributed by atoms with van der Waals surface area (Å²) in [4.78, 5) is 23.8. The Hall–Kier alpha value is -0.160. The molecule has 5 heteroatoms. The summed E-state index contributed by atoms with van der Waals surface area (Å²) in [5.41, 5.74) is 0. The van der Waals surface area contributed by atoms with Crippen LogP contribution in [-0.2, 0) is 9.59 Å². The summed E-state index contributed by atoms with van der Waals surface area (Å²) in [6.07, 6.45) is 15.4. The van der Waals surface area contributed by atoms with Crippen molar-refractivity contribution in [1.82, 2.24) is 5.32 Å². The molecule has 0 rings (SSSR count). The van der Waals surface area contributed by atoms with E-state index in [9.17, 15) is 9.59 Å². The molecule has 142 valence electrons. The minimum atomic E-state index is -0.796. The lowest BCUT2D eigenvalue weighted by Gasteiger charge is -2.34. The SMILES string of the molecule is CCCCCCCCCCCC(=O)NC(SC)(C(=O)SC)C(C)C. The van der Waals surface area contributed by atoms with E-state index in [0.29, 0.717) is 6.42 Å². The van der Waals surface area contributed by atoms with Crippen LogP contribution in [0.1, 0.15) is 85.0 Å². The molecule has 0 aromatic rings. The molecule has 1 unspecified atom stereocenters. The van der Waals surface area contributed by atoms with Crippen LogP contribution in [0, 0.1) is 5.92 Å². The van der Waals surface area contributed by atoms with Gasteiger partial charge in [-0.25, -0.2) is 0 Å². The third kappa shape index (κ3) is 8.80. The Bertz CT molecular complexity index is 361. The highest BCUT2D eigenvalue weighted by molar-refractivity contribution is 8.15. The lowest BCUT2D eigenvalue weighted by molar-refractivity contribution is -0.126. The molecule has 0 aromatic carbocycles. The van der Waals surface area contributed by atoms with Gasteiger partial charge in [0.25, 0.3) is 0 Å². The summed E-state index contributed by atoms with van der Waals surface area (Å²) < 4.78 is 0. The van der Waals surface area contributed by atoms with E-state index in [2.05, 4.69) is 12.2 Å². The maximum atomic E-state index is 12.3. The molecule has 0 saturated heterocycles. The quantitative estimate of drug-likeness (QED) is 0.316. The molecule has 1 N–H and O–H groups in total. The second-order valence-corrected chi connectivity index (χ2v) is 8.54. The van der Waals surface area contributed by atoms with Gasteiger partial charge in [-0.05, 0) is 24.9 Å². The van der Waals surface area contributed by atoms with Gasteiger partial charge in [0.2, 0.25) is 11.0 Å². The molecule has 0 aliphatic heterocycles. The van der Waals surface area contributed by atoms with Crippen molar-refractivity contribution in [3.8, 4) is 0 Å². The Morgan fingerprint density at radius 1 is 0.917 bits per heavy atom. The first kappa shape index (κ1) is 23.8. The molecule has 0 saturated carbocycles. The van der Waals surface area contributed by atoms with Crippen LogP contribution in [0.5, 0.6) is 0 Å². The maximum absolute atomic E-state index is 12.3. The molecule has 0 fully saturated rings. The first-order chi connectivity index (χ1) is 11.4. The van der Waals surface area contributed by atoms with Crippen molar-refractivity contribution >= 4 is 34.5 Å². The molecule has 0 aliphatic carbocycles. The smallest absolute Gasteiger partial charge is 0.224 e. The van der Waals surface area contributed by atoms with Gasteiger partial charge in [0.15, 0.2) is 4.87 Å². The van der Waals surface area contributed by atoms with Gasteiger partial charge in [-0.1, -0.05) is 83.9 Å². The molecule has 24 heavy (non-hydrogen) atoms. The Morgan fingerprint density at radius 2 is 1.42 bits per heavy atom. The summed E-state index contributed by atoms with van der Waals surface area (Å²) in [5.74, 6) is 0.0721. The van der Waals surface area contributed by atoms with Crippen LogP contribution < -0.4 is 5.32 Å². The highest BCUT2D eigenvalue weighted by Gasteiger charge is 2.41. The molecule has 0 heterocycles. The van der Waals surface area contributed by atoms with E-state index in [1.165, 1.54) is 68.5 Å². The molecule has 1 atom stereocenters. The van der Waals surface area contributed by atoms with Gasteiger partial charge in [0.1, 0.15) is 0 Å². The number of carbonyl (C=O) groups excluding carboxylic acids is 2. The lowest BCUT2D eigenvalue weighted by atomic mass is 10.0. The number of rotatable bonds is 14. The van der Waals surface area contributed by atoms with Crippen LogP contribution in [0.25, 0.3) is 0 Å². The number of nitrogens with one attached hydrogen (secondary N) is 1. The zero-order chi connectivity index (χ0) is 18.4. The molecule has 0 spiro atoms. The largest absolute Gasteiger partial charge is 0.334 e. The minimum Gasteiger partial charge on any atom is -0.334 e. The second-order valence-electron chi connectivity index (χ2n) is 6.71. The fraction of sp³-hybridized carbons (Fsp3) is 0.895. The van der Waals surface area contributed by atoms with E-state index in [0.717, 1.165) is 12.8 Å². The number of thioether (sulfide) groups is 2. The second kappa shape index (κ2) is 14.1. The molecule has 0 radical (unpaired) electrons. The molecule has 0 aliphatic rings. The van der Waals surface area contributed by atoms with Crippen LogP contribution in [0.3, 0.4) is 0 Å². The number of amides is 1. The van der Waals surface area contributed by atoms with Crippen molar-refractivity contribution in [3.63, 3.8) is 0 Å². The van der Waals surface area contributed by atoms with E-state index in [1.54, 1.807) is 6.26 Å². The van der Waals surface area contributed by atoms with Gasteiger partial charge in [0.05, 0.1) is 0 Å². The summed E-state index contributed by atoms with van der Waals surface area (Å²) in [6, 6.07) is 0. The Labute approximate surface area is 157 Å². The molecule has 0 bridgehead atoms. The third-order valence-corrected chi connectivity index (χ3v) is 6.68. The van der Waals surface area contributed by atoms with Crippen molar-refractivity contribution in [2.75, 3.05) is 12.5 Å². The maximum Gasteiger partial charge on any atom is 0.224 e. The highest BCUT2D eigenvalue weighted by Crippen LogP contribution is 2.33. The predicted molar refractivity (Wildman–Crippen MR) is 110 cm³/mol. The average Bonchev–Trinajstić information content (AvgIpc) is 2.57. The van der Waals surface area contributed by atoms with Crippen LogP contribution in [0.4, 0.5) is 0 Å². The standard InChI is InChI=1S/C19H37NO2S2/c1-6-7-8-9-10-11-12-13-14-15-17(21)20-19(24-5,16(2)3)18(22)23-4/h16H,6-15H2,1-5H3,(H,20,21). The van der Waals surface area contributed by atoms with Gasteiger partial charge in [-0.15, -0.1) is 11.8 Å². The van der Waals surface area contributed by atoms with E-state index >= 15 is 0 Å². The highest BCUT2D eigenvalue weighted by atomic mass is 32.2.